The molecule has 0 spiro atoms. The van der Waals surface area contributed by atoms with Gasteiger partial charge >= 0.3 is 5.97 Å². The first-order valence-electron chi connectivity index (χ1n) is 12.2. The standard InChI is InChI=1S/C10H11NO3.C9H8BrN3.C9H9N3O/c1-2-14-10(13)7-9(12)8-5-3-4-6-11-8;1-13-9(10)6-8(12-13)7-4-2-3-5-11-7;1-12-9(13)6-8(11-12)7-4-2-3-5-10-7/h3-6H,2,7H2,1H3;2-6H,1H3;2-6,11H,1H3. The van der Waals surface area contributed by atoms with Crippen molar-refractivity contribution >= 4 is 27.7 Å². The average molecular weight is 606 g/mol. The third kappa shape index (κ3) is 8.95. The zero-order chi connectivity index (χ0) is 28.9. The molecule has 206 valence electrons. The SMILES string of the molecule is CCOC(=O)CC(=O)c1ccccn1.Cn1[nH]c(-c2ccccn2)cc1=O.Cn1nc(-c2ccccn2)cc1Br. The highest BCUT2D eigenvalue weighted by Crippen LogP contribution is 2.18. The molecule has 5 aromatic heterocycles. The van der Waals surface area contributed by atoms with Crippen LogP contribution >= 0.6 is 15.9 Å². The molecule has 0 aliphatic rings. The summed E-state index contributed by atoms with van der Waals surface area (Å²) in [7, 11) is 3.56. The van der Waals surface area contributed by atoms with Gasteiger partial charge in [-0.2, -0.15) is 5.10 Å². The van der Waals surface area contributed by atoms with Crippen LogP contribution in [-0.2, 0) is 23.6 Å². The van der Waals surface area contributed by atoms with Crippen LogP contribution in [0, 0.1) is 0 Å². The molecule has 0 radical (unpaired) electrons. The van der Waals surface area contributed by atoms with Crippen molar-refractivity contribution < 1.29 is 14.3 Å². The Kier molecular flexibility index (Phi) is 11.2. The Bertz CT molecular complexity index is 1550. The maximum atomic E-state index is 11.4. The van der Waals surface area contributed by atoms with Gasteiger partial charge in [0.1, 0.15) is 22.4 Å². The molecule has 11 nitrogen and oxygen atoms in total. The summed E-state index contributed by atoms with van der Waals surface area (Å²) in [5, 5.41) is 7.19. The van der Waals surface area contributed by atoms with Gasteiger partial charge in [-0.25, -0.2) is 0 Å². The van der Waals surface area contributed by atoms with E-state index in [1.54, 1.807) is 49.2 Å². The fourth-order valence-electron chi connectivity index (χ4n) is 3.19. The second kappa shape index (κ2) is 15.0. The number of hydrogen-bond acceptors (Lipinski definition) is 8. The van der Waals surface area contributed by atoms with E-state index in [2.05, 4.69) is 45.8 Å². The van der Waals surface area contributed by atoms with Crippen LogP contribution in [0.2, 0.25) is 0 Å². The van der Waals surface area contributed by atoms with Crippen LogP contribution in [0.15, 0.2) is 94.7 Å². The van der Waals surface area contributed by atoms with Crippen molar-refractivity contribution in [1.29, 1.82) is 0 Å². The van der Waals surface area contributed by atoms with Gasteiger partial charge in [-0.05, 0) is 59.3 Å². The van der Waals surface area contributed by atoms with Crippen molar-refractivity contribution in [2.24, 2.45) is 14.1 Å². The Balaban J connectivity index is 0.000000165. The molecule has 5 heterocycles. The number of carbonyl (C=O) groups is 2. The number of nitrogens with one attached hydrogen (secondary N) is 1. The zero-order valence-electron chi connectivity index (χ0n) is 22.2. The number of ether oxygens (including phenoxy) is 1. The van der Waals surface area contributed by atoms with Crippen molar-refractivity contribution in [3.05, 3.63) is 106 Å². The normalized spacial score (nSPS) is 10.0. The monoisotopic (exact) mass is 605 g/mol. The summed E-state index contributed by atoms with van der Waals surface area (Å²) in [5.74, 6) is -0.827. The van der Waals surface area contributed by atoms with Gasteiger partial charge in [-0.3, -0.25) is 43.8 Å². The molecule has 0 unspecified atom stereocenters. The zero-order valence-corrected chi connectivity index (χ0v) is 23.8. The van der Waals surface area contributed by atoms with Crippen LogP contribution in [0.25, 0.3) is 22.8 Å². The van der Waals surface area contributed by atoms with Crippen molar-refractivity contribution in [2.45, 2.75) is 13.3 Å². The number of Topliss-reactive ketones (excluding diaryl/α,β-unsaturated/α-hetero) is 1. The lowest BCUT2D eigenvalue weighted by Crippen LogP contribution is -2.12. The fourth-order valence-corrected chi connectivity index (χ4v) is 3.48. The summed E-state index contributed by atoms with van der Waals surface area (Å²) < 4.78 is 8.79. The molecule has 5 rings (SSSR count). The molecular formula is C28H28BrN7O4. The maximum Gasteiger partial charge on any atom is 0.313 e. The Labute approximate surface area is 239 Å². The number of aryl methyl sites for hydroxylation is 2. The van der Waals surface area contributed by atoms with E-state index in [0.717, 1.165) is 27.4 Å². The largest absolute Gasteiger partial charge is 0.466 e. The highest BCUT2D eigenvalue weighted by atomic mass is 79.9. The molecule has 0 bridgehead atoms. The molecule has 0 atom stereocenters. The van der Waals surface area contributed by atoms with E-state index in [9.17, 15) is 14.4 Å². The van der Waals surface area contributed by atoms with Gasteiger partial charge in [0, 0.05) is 44.8 Å². The molecule has 0 aromatic carbocycles. The third-order valence-corrected chi connectivity index (χ3v) is 5.88. The molecule has 40 heavy (non-hydrogen) atoms. The van der Waals surface area contributed by atoms with Crippen LogP contribution in [0.5, 0.6) is 0 Å². The van der Waals surface area contributed by atoms with Gasteiger partial charge in [0.05, 0.1) is 23.7 Å². The number of aromatic amines is 1. The van der Waals surface area contributed by atoms with E-state index < -0.39 is 5.97 Å². The Morgan fingerprint density at radius 3 is 1.98 bits per heavy atom. The Hall–Kier alpha value is -4.71. The van der Waals surface area contributed by atoms with Crippen molar-refractivity contribution in [1.82, 2.24) is 34.5 Å². The van der Waals surface area contributed by atoms with Crippen LogP contribution in [0.3, 0.4) is 0 Å². The second-order valence-electron chi connectivity index (χ2n) is 8.09. The van der Waals surface area contributed by atoms with E-state index in [0.29, 0.717) is 5.69 Å². The lowest BCUT2D eigenvalue weighted by atomic mass is 10.2. The number of ketones is 1. The van der Waals surface area contributed by atoms with Gasteiger partial charge in [-0.15, -0.1) is 0 Å². The summed E-state index contributed by atoms with van der Waals surface area (Å²) in [6.45, 7) is 1.98. The highest BCUT2D eigenvalue weighted by molar-refractivity contribution is 9.10. The van der Waals surface area contributed by atoms with E-state index in [1.807, 2.05) is 49.5 Å². The van der Waals surface area contributed by atoms with Crippen LogP contribution in [0.4, 0.5) is 0 Å². The molecule has 0 aliphatic heterocycles. The summed E-state index contributed by atoms with van der Waals surface area (Å²) in [6, 6.07) is 19.8. The smallest absolute Gasteiger partial charge is 0.313 e. The number of pyridine rings is 3. The molecule has 5 aromatic rings. The first-order chi connectivity index (χ1) is 19.3. The minimum absolute atomic E-state index is 0.0550. The Morgan fingerprint density at radius 1 is 0.875 bits per heavy atom. The van der Waals surface area contributed by atoms with Gasteiger partial charge in [-0.1, -0.05) is 18.2 Å². The maximum absolute atomic E-state index is 11.4. The van der Waals surface area contributed by atoms with Crippen molar-refractivity contribution in [3.8, 4) is 22.8 Å². The van der Waals surface area contributed by atoms with Gasteiger partial charge in [0.2, 0.25) is 0 Å². The van der Waals surface area contributed by atoms with Crippen LogP contribution in [0.1, 0.15) is 23.8 Å². The number of aromatic nitrogens is 7. The van der Waals surface area contributed by atoms with Crippen molar-refractivity contribution in [3.63, 3.8) is 0 Å². The lowest BCUT2D eigenvalue weighted by Gasteiger charge is -2.00. The summed E-state index contributed by atoms with van der Waals surface area (Å²) in [6.07, 6.45) is 4.72. The molecule has 0 aliphatic carbocycles. The second-order valence-corrected chi connectivity index (χ2v) is 8.91. The summed E-state index contributed by atoms with van der Waals surface area (Å²) in [5.41, 5.74) is 3.54. The summed E-state index contributed by atoms with van der Waals surface area (Å²) >= 11 is 3.39. The number of H-pyrrole nitrogens is 1. The van der Waals surface area contributed by atoms with Gasteiger partial charge in [0.25, 0.3) is 5.56 Å². The molecule has 1 N–H and O–H groups in total. The van der Waals surface area contributed by atoms with Gasteiger partial charge < -0.3 is 4.74 Å². The predicted molar refractivity (Wildman–Crippen MR) is 153 cm³/mol. The molecular weight excluding hydrogens is 578 g/mol. The van der Waals surface area contributed by atoms with Crippen LogP contribution in [-0.4, -0.2) is 52.9 Å². The molecule has 0 amide bonds. The molecule has 0 fully saturated rings. The highest BCUT2D eigenvalue weighted by Gasteiger charge is 2.12. The quantitative estimate of drug-likeness (QED) is 0.172. The Morgan fingerprint density at radius 2 is 1.50 bits per heavy atom. The number of halogens is 1. The number of carbonyl (C=O) groups excluding carboxylic acids is 2. The molecule has 0 saturated carbocycles. The van der Waals surface area contributed by atoms with E-state index in [4.69, 9.17) is 0 Å². The van der Waals surface area contributed by atoms with Crippen molar-refractivity contribution in [2.75, 3.05) is 6.61 Å². The number of rotatable bonds is 6. The predicted octanol–water partition coefficient (Wildman–Crippen LogP) is 4.24. The summed E-state index contributed by atoms with van der Waals surface area (Å²) in [4.78, 5) is 45.6. The van der Waals surface area contributed by atoms with E-state index in [1.165, 1.54) is 16.9 Å². The van der Waals surface area contributed by atoms with E-state index >= 15 is 0 Å². The minimum atomic E-state index is -0.511. The fraction of sp³-hybridized carbons (Fsp3) is 0.179. The van der Waals surface area contributed by atoms with Gasteiger partial charge in [0.15, 0.2) is 5.78 Å². The number of nitrogens with zero attached hydrogens (tertiary/aromatic N) is 6. The number of esters is 1. The topological polar surface area (TPSA) is 138 Å². The first kappa shape index (κ1) is 29.8. The molecule has 0 saturated heterocycles. The average Bonchev–Trinajstić information content (AvgIpc) is 3.50. The first-order valence-corrected chi connectivity index (χ1v) is 13.0. The van der Waals surface area contributed by atoms with Crippen LogP contribution < -0.4 is 5.56 Å². The third-order valence-electron chi connectivity index (χ3n) is 5.14. The van der Waals surface area contributed by atoms with E-state index in [-0.39, 0.29) is 24.4 Å². The lowest BCUT2D eigenvalue weighted by molar-refractivity contribution is -0.141. The minimum Gasteiger partial charge on any atom is -0.466 e. The number of hydrogen-bond donors (Lipinski definition) is 1. The molecule has 12 heteroatoms.